The van der Waals surface area contributed by atoms with Crippen LogP contribution in [0.3, 0.4) is 0 Å². The van der Waals surface area contributed by atoms with Crippen molar-refractivity contribution in [1.29, 1.82) is 0 Å². The van der Waals surface area contributed by atoms with Crippen LogP contribution in [0.15, 0.2) is 133 Å². The molecular weight excluding hydrogens is 402 g/mol. The van der Waals surface area contributed by atoms with E-state index in [0.717, 1.165) is 22.6 Å². The topological polar surface area (TPSA) is 23.5 Å². The average Bonchev–Trinajstić information content (AvgIpc) is 2.91. The maximum absolute atomic E-state index is 9.47. The van der Waals surface area contributed by atoms with E-state index in [-0.39, 0.29) is 6.61 Å². The van der Waals surface area contributed by atoms with Gasteiger partial charge in [-0.2, -0.15) is 0 Å². The van der Waals surface area contributed by atoms with Gasteiger partial charge in [0, 0.05) is 17.1 Å². The third-order valence-electron chi connectivity index (χ3n) is 5.84. The van der Waals surface area contributed by atoms with Crippen LogP contribution in [0, 0.1) is 0 Å². The van der Waals surface area contributed by atoms with E-state index in [0.29, 0.717) is 0 Å². The monoisotopic (exact) mass is 427 g/mol. The summed E-state index contributed by atoms with van der Waals surface area (Å²) in [6, 6.07) is 46.2. The van der Waals surface area contributed by atoms with E-state index in [2.05, 4.69) is 114 Å². The molecule has 0 fully saturated rings. The van der Waals surface area contributed by atoms with Crippen molar-refractivity contribution in [2.45, 2.75) is 6.61 Å². The van der Waals surface area contributed by atoms with Gasteiger partial charge in [0.15, 0.2) is 0 Å². The number of aliphatic hydroxyl groups excluding tert-OH is 1. The number of benzene rings is 5. The number of nitrogens with zero attached hydrogens (tertiary/aromatic N) is 1. The summed E-state index contributed by atoms with van der Waals surface area (Å²) in [5, 5.41) is 9.47. The maximum atomic E-state index is 9.47. The lowest BCUT2D eigenvalue weighted by Crippen LogP contribution is -2.10. The van der Waals surface area contributed by atoms with Gasteiger partial charge in [0.1, 0.15) is 0 Å². The fraction of sp³-hybridized carbons (Fsp3) is 0.0323. The first kappa shape index (κ1) is 20.7. The molecule has 0 saturated carbocycles. The lowest BCUT2D eigenvalue weighted by molar-refractivity contribution is 0.282. The van der Waals surface area contributed by atoms with Crippen LogP contribution in [0.5, 0.6) is 0 Å². The number of hydrogen-bond acceptors (Lipinski definition) is 2. The number of anilines is 3. The Bertz CT molecular complexity index is 1210. The molecule has 0 aliphatic heterocycles. The van der Waals surface area contributed by atoms with Crippen molar-refractivity contribution in [3.05, 3.63) is 139 Å². The standard InChI is InChI=1S/C31H25NO/c33-23-24-11-17-29(18-12-24)32(30-19-13-27(14-20-30)25-7-3-1-4-8-25)31-21-15-28(16-22-31)26-9-5-2-6-10-26/h1-22,33H,23H2. The Labute approximate surface area is 195 Å². The normalized spacial score (nSPS) is 10.7. The second kappa shape index (κ2) is 9.56. The zero-order valence-corrected chi connectivity index (χ0v) is 18.3. The van der Waals surface area contributed by atoms with E-state index in [1.165, 1.54) is 22.3 Å². The SMILES string of the molecule is OCc1ccc(N(c2ccc(-c3ccccc3)cc2)c2ccc(-c3ccccc3)cc2)cc1. The Morgan fingerprint density at radius 3 is 1.09 bits per heavy atom. The molecule has 160 valence electrons. The predicted molar refractivity (Wildman–Crippen MR) is 138 cm³/mol. The van der Waals surface area contributed by atoms with Gasteiger partial charge in [-0.1, -0.05) is 97.1 Å². The first-order chi connectivity index (χ1) is 16.3. The Balaban J connectivity index is 1.53. The lowest BCUT2D eigenvalue weighted by atomic mass is 10.0. The van der Waals surface area contributed by atoms with Crippen molar-refractivity contribution < 1.29 is 5.11 Å². The lowest BCUT2D eigenvalue weighted by Gasteiger charge is -2.26. The van der Waals surface area contributed by atoms with E-state index in [9.17, 15) is 5.11 Å². The smallest absolute Gasteiger partial charge is 0.0681 e. The Kier molecular flexibility index (Phi) is 6.01. The summed E-state index contributed by atoms with van der Waals surface area (Å²) in [7, 11) is 0. The largest absolute Gasteiger partial charge is 0.392 e. The van der Waals surface area contributed by atoms with E-state index in [4.69, 9.17) is 0 Å². The van der Waals surface area contributed by atoms with Crippen LogP contribution in [0.2, 0.25) is 0 Å². The van der Waals surface area contributed by atoms with Crippen LogP contribution >= 0.6 is 0 Å². The zero-order chi connectivity index (χ0) is 22.5. The molecule has 0 amide bonds. The molecule has 0 heterocycles. The van der Waals surface area contributed by atoms with Crippen molar-refractivity contribution >= 4 is 17.1 Å². The van der Waals surface area contributed by atoms with Crippen LogP contribution in [0.4, 0.5) is 17.1 Å². The van der Waals surface area contributed by atoms with Gasteiger partial charge in [0.2, 0.25) is 0 Å². The molecule has 0 unspecified atom stereocenters. The molecule has 0 aliphatic carbocycles. The molecule has 0 radical (unpaired) electrons. The van der Waals surface area contributed by atoms with Gasteiger partial charge in [0.05, 0.1) is 6.61 Å². The van der Waals surface area contributed by atoms with Gasteiger partial charge in [-0.3, -0.25) is 0 Å². The molecule has 2 nitrogen and oxygen atoms in total. The summed E-state index contributed by atoms with van der Waals surface area (Å²) in [5.74, 6) is 0. The van der Waals surface area contributed by atoms with Crippen molar-refractivity contribution in [3.8, 4) is 22.3 Å². The molecule has 0 atom stereocenters. The molecule has 5 rings (SSSR count). The third-order valence-corrected chi connectivity index (χ3v) is 5.84. The molecule has 5 aromatic carbocycles. The minimum atomic E-state index is 0.0395. The number of rotatable bonds is 6. The van der Waals surface area contributed by atoms with Crippen molar-refractivity contribution in [2.75, 3.05) is 4.90 Å². The molecule has 5 aromatic rings. The highest BCUT2D eigenvalue weighted by atomic mass is 16.3. The van der Waals surface area contributed by atoms with Crippen LogP contribution < -0.4 is 4.90 Å². The fourth-order valence-electron chi connectivity index (χ4n) is 4.06. The molecular formula is C31H25NO. The second-order valence-electron chi connectivity index (χ2n) is 7.99. The predicted octanol–water partition coefficient (Wildman–Crippen LogP) is 7.98. The quantitative estimate of drug-likeness (QED) is 0.297. The van der Waals surface area contributed by atoms with Gasteiger partial charge >= 0.3 is 0 Å². The van der Waals surface area contributed by atoms with Crippen LogP contribution in [0.1, 0.15) is 5.56 Å². The molecule has 0 spiro atoms. The first-order valence-electron chi connectivity index (χ1n) is 11.1. The summed E-state index contributed by atoms with van der Waals surface area (Å²) in [4.78, 5) is 2.24. The Hall–Kier alpha value is -4.14. The molecule has 0 aliphatic rings. The van der Waals surface area contributed by atoms with Crippen LogP contribution in [-0.2, 0) is 6.61 Å². The maximum Gasteiger partial charge on any atom is 0.0681 e. The van der Waals surface area contributed by atoms with Gasteiger partial charge in [0.25, 0.3) is 0 Å². The molecule has 33 heavy (non-hydrogen) atoms. The van der Waals surface area contributed by atoms with Gasteiger partial charge < -0.3 is 10.0 Å². The average molecular weight is 428 g/mol. The Morgan fingerprint density at radius 1 is 0.394 bits per heavy atom. The Morgan fingerprint density at radius 2 is 0.727 bits per heavy atom. The van der Waals surface area contributed by atoms with Crippen molar-refractivity contribution in [3.63, 3.8) is 0 Å². The van der Waals surface area contributed by atoms with E-state index >= 15 is 0 Å². The van der Waals surface area contributed by atoms with E-state index in [1.807, 2.05) is 24.3 Å². The van der Waals surface area contributed by atoms with E-state index < -0.39 is 0 Å². The molecule has 0 aromatic heterocycles. The molecule has 0 bridgehead atoms. The first-order valence-corrected chi connectivity index (χ1v) is 11.1. The molecule has 2 heteroatoms. The third kappa shape index (κ3) is 4.57. The minimum Gasteiger partial charge on any atom is -0.392 e. The minimum absolute atomic E-state index is 0.0395. The zero-order valence-electron chi connectivity index (χ0n) is 18.3. The summed E-state index contributed by atoms with van der Waals surface area (Å²) < 4.78 is 0. The summed E-state index contributed by atoms with van der Waals surface area (Å²) >= 11 is 0. The molecule has 1 N–H and O–H groups in total. The van der Waals surface area contributed by atoms with E-state index in [1.54, 1.807) is 0 Å². The highest BCUT2D eigenvalue weighted by molar-refractivity contribution is 5.79. The van der Waals surface area contributed by atoms with Crippen LogP contribution in [-0.4, -0.2) is 5.11 Å². The summed E-state index contributed by atoms with van der Waals surface area (Å²) in [5.41, 5.74) is 8.90. The number of aliphatic hydroxyl groups is 1. The highest BCUT2D eigenvalue weighted by Gasteiger charge is 2.13. The van der Waals surface area contributed by atoms with Gasteiger partial charge in [-0.05, 0) is 64.2 Å². The van der Waals surface area contributed by atoms with Gasteiger partial charge in [-0.15, -0.1) is 0 Å². The van der Waals surface area contributed by atoms with Crippen LogP contribution in [0.25, 0.3) is 22.3 Å². The fourth-order valence-corrected chi connectivity index (χ4v) is 4.06. The van der Waals surface area contributed by atoms with Crippen molar-refractivity contribution in [1.82, 2.24) is 0 Å². The highest BCUT2D eigenvalue weighted by Crippen LogP contribution is 2.36. The van der Waals surface area contributed by atoms with Crippen molar-refractivity contribution in [2.24, 2.45) is 0 Å². The number of hydrogen-bond donors (Lipinski definition) is 1. The van der Waals surface area contributed by atoms with Gasteiger partial charge in [-0.25, -0.2) is 0 Å². The molecule has 0 saturated heterocycles. The summed E-state index contributed by atoms with van der Waals surface area (Å²) in [6.45, 7) is 0.0395. The second-order valence-corrected chi connectivity index (χ2v) is 7.99. The summed E-state index contributed by atoms with van der Waals surface area (Å²) in [6.07, 6.45) is 0.